The van der Waals surface area contributed by atoms with E-state index in [1.807, 2.05) is 36.2 Å². The highest BCUT2D eigenvalue weighted by atomic mass is 16.5. The molecule has 0 amide bonds. The number of carbonyl (C=O) groups excluding carboxylic acids is 1. The Balaban J connectivity index is 1.66. The fourth-order valence-corrected chi connectivity index (χ4v) is 3.91. The summed E-state index contributed by atoms with van der Waals surface area (Å²) in [6.07, 6.45) is 6.56. The summed E-state index contributed by atoms with van der Waals surface area (Å²) in [6, 6.07) is 9.01. The van der Waals surface area contributed by atoms with E-state index in [4.69, 9.17) is 9.47 Å². The van der Waals surface area contributed by atoms with Gasteiger partial charge in [-0.05, 0) is 49.8 Å². The van der Waals surface area contributed by atoms with E-state index in [9.17, 15) is 9.59 Å². The lowest BCUT2D eigenvalue weighted by atomic mass is 10.0. The van der Waals surface area contributed by atoms with Crippen molar-refractivity contribution in [2.45, 2.75) is 45.8 Å². The molecule has 36 heavy (non-hydrogen) atoms. The minimum atomic E-state index is -0.718. The van der Waals surface area contributed by atoms with Crippen molar-refractivity contribution >= 4 is 23.9 Å². The molecule has 194 valence electrons. The van der Waals surface area contributed by atoms with E-state index >= 15 is 0 Å². The molecule has 1 atom stereocenters. The van der Waals surface area contributed by atoms with E-state index in [2.05, 4.69) is 29.0 Å². The summed E-state index contributed by atoms with van der Waals surface area (Å²) in [5, 5.41) is 14.2. The predicted molar refractivity (Wildman–Crippen MR) is 142 cm³/mol. The smallest absolute Gasteiger partial charge is 0.203 e. The average Bonchev–Trinajstić information content (AvgIpc) is 2.90. The van der Waals surface area contributed by atoms with Crippen LogP contribution >= 0.6 is 0 Å². The molecule has 1 unspecified atom stereocenters. The van der Waals surface area contributed by atoms with E-state index < -0.39 is 6.23 Å². The Morgan fingerprint density at radius 3 is 2.89 bits per heavy atom. The molecule has 1 aliphatic rings. The largest absolute Gasteiger partial charge is 0.381 e. The van der Waals surface area contributed by atoms with Crippen LogP contribution in [-0.4, -0.2) is 66.4 Å². The number of benzene rings is 1. The van der Waals surface area contributed by atoms with Gasteiger partial charge < -0.3 is 14.8 Å². The van der Waals surface area contributed by atoms with Gasteiger partial charge in [0.15, 0.2) is 12.5 Å². The van der Waals surface area contributed by atoms with Gasteiger partial charge in [0.25, 0.3) is 0 Å². The minimum Gasteiger partial charge on any atom is -0.381 e. The molecule has 1 aromatic heterocycles. The van der Waals surface area contributed by atoms with E-state index in [1.165, 1.54) is 6.07 Å². The van der Waals surface area contributed by atoms with Gasteiger partial charge in [-0.3, -0.25) is 14.6 Å². The predicted octanol–water partition coefficient (Wildman–Crippen LogP) is 3.40. The van der Waals surface area contributed by atoms with Crippen molar-refractivity contribution in [1.82, 2.24) is 14.8 Å². The monoisotopic (exact) mass is 495 g/mol. The maximum absolute atomic E-state index is 12.5. The first kappa shape index (κ1) is 27.3. The van der Waals surface area contributed by atoms with E-state index in [0.717, 1.165) is 63.1 Å². The first-order valence-electron chi connectivity index (χ1n) is 12.6. The molecule has 0 saturated carbocycles. The molecule has 1 saturated heterocycles. The molecule has 0 radical (unpaired) electrons. The molecule has 2 aromatic rings. The van der Waals surface area contributed by atoms with Crippen LogP contribution in [0.1, 0.15) is 44.4 Å². The molecule has 2 heterocycles. The van der Waals surface area contributed by atoms with Crippen molar-refractivity contribution in [2.75, 3.05) is 38.2 Å². The molecule has 3 rings (SSSR count). The normalized spacial score (nSPS) is 15.1. The van der Waals surface area contributed by atoms with Crippen LogP contribution in [0.5, 0.6) is 0 Å². The Bertz CT molecular complexity index is 1080. The molecular weight excluding hydrogens is 458 g/mol. The van der Waals surface area contributed by atoms with Crippen LogP contribution in [0.3, 0.4) is 0 Å². The molecule has 1 fully saturated rings. The van der Waals surface area contributed by atoms with Gasteiger partial charge >= 0.3 is 0 Å². The highest BCUT2D eigenvalue weighted by Crippen LogP contribution is 2.17. The topological polar surface area (TPSA) is 98.1 Å². The summed E-state index contributed by atoms with van der Waals surface area (Å²) in [5.41, 5.74) is 2.43. The van der Waals surface area contributed by atoms with Crippen molar-refractivity contribution in [3.05, 3.63) is 64.6 Å². The Hall–Kier alpha value is -3.30. The third-order valence-electron chi connectivity index (χ3n) is 5.95. The van der Waals surface area contributed by atoms with Crippen molar-refractivity contribution < 1.29 is 14.3 Å². The van der Waals surface area contributed by atoms with Crippen molar-refractivity contribution in [2.24, 2.45) is 11.0 Å². The Morgan fingerprint density at radius 2 is 2.17 bits per heavy atom. The summed E-state index contributed by atoms with van der Waals surface area (Å²) in [6.45, 7) is 11.9. The maximum Gasteiger partial charge on any atom is 0.203 e. The number of hydrogen-bond acceptors (Lipinski definition) is 8. The second kappa shape index (κ2) is 14.3. The van der Waals surface area contributed by atoms with Gasteiger partial charge in [-0.2, -0.15) is 10.2 Å². The number of nitrogens with one attached hydrogen (secondary N) is 1. The number of hydrogen-bond donors (Lipinski definition) is 1. The Morgan fingerprint density at radius 1 is 1.36 bits per heavy atom. The summed E-state index contributed by atoms with van der Waals surface area (Å²) in [5.74, 6) is 0.575. The summed E-state index contributed by atoms with van der Waals surface area (Å²) < 4.78 is 12.5. The van der Waals surface area contributed by atoms with Gasteiger partial charge in [0.2, 0.25) is 5.43 Å². The molecule has 9 nitrogen and oxygen atoms in total. The number of nitrogens with zero attached hydrogens (tertiary/aromatic N) is 4. The van der Waals surface area contributed by atoms with Crippen molar-refractivity contribution in [3.8, 4) is 0 Å². The highest BCUT2D eigenvalue weighted by Gasteiger charge is 2.16. The number of allylic oxidation sites excluding steroid dienone is 1. The van der Waals surface area contributed by atoms with Gasteiger partial charge in [0.1, 0.15) is 5.69 Å². The number of hydrazone groups is 1. The first-order chi connectivity index (χ1) is 17.5. The zero-order valence-electron chi connectivity index (χ0n) is 21.3. The fourth-order valence-electron chi connectivity index (χ4n) is 3.91. The molecule has 1 N–H and O–H groups in total. The van der Waals surface area contributed by atoms with Crippen LogP contribution in [0.15, 0.2) is 53.0 Å². The zero-order valence-corrected chi connectivity index (χ0v) is 21.3. The molecule has 9 heteroatoms. The van der Waals surface area contributed by atoms with Crippen LogP contribution in [-0.2, 0) is 20.7 Å². The number of anilines is 1. The van der Waals surface area contributed by atoms with Crippen molar-refractivity contribution in [1.29, 1.82) is 0 Å². The molecule has 0 spiro atoms. The minimum absolute atomic E-state index is 0.152. The number of rotatable bonds is 14. The summed E-state index contributed by atoms with van der Waals surface area (Å²) >= 11 is 0. The summed E-state index contributed by atoms with van der Waals surface area (Å²) in [4.78, 5) is 23.8. The second-order valence-corrected chi connectivity index (χ2v) is 8.82. The third-order valence-corrected chi connectivity index (χ3v) is 5.95. The molecule has 1 aliphatic heterocycles. The lowest BCUT2D eigenvalue weighted by Crippen LogP contribution is -2.29. The van der Waals surface area contributed by atoms with Crippen LogP contribution in [0.2, 0.25) is 0 Å². The lowest BCUT2D eigenvalue weighted by Gasteiger charge is -2.27. The van der Waals surface area contributed by atoms with Crippen molar-refractivity contribution in [3.63, 3.8) is 0 Å². The Kier molecular flexibility index (Phi) is 10.8. The number of carbonyl (C=O) groups is 1. The lowest BCUT2D eigenvalue weighted by molar-refractivity contribution is -0.116. The molecular formula is C27H37N5O4. The SMILES string of the molecule is C=C(C=NN(CC)CC1CCOCC1)n1ccc(=O)c(Cc2cccc(NC(C=O)OCCC)c2)n1. The highest BCUT2D eigenvalue weighted by molar-refractivity contribution is 6.00. The molecule has 1 aromatic carbocycles. The van der Waals surface area contributed by atoms with Crippen LogP contribution in [0.4, 0.5) is 5.69 Å². The molecule has 0 aliphatic carbocycles. The number of ether oxygens (including phenoxy) is 2. The third kappa shape index (κ3) is 8.42. The average molecular weight is 496 g/mol. The van der Waals surface area contributed by atoms with E-state index in [0.29, 0.717) is 30.3 Å². The summed E-state index contributed by atoms with van der Waals surface area (Å²) in [7, 11) is 0. The fraction of sp³-hybridized carbons (Fsp3) is 0.481. The van der Waals surface area contributed by atoms with E-state index in [1.54, 1.807) is 17.1 Å². The zero-order chi connectivity index (χ0) is 25.8. The van der Waals surface area contributed by atoms with Gasteiger partial charge in [-0.15, -0.1) is 0 Å². The van der Waals surface area contributed by atoms with Crippen LogP contribution in [0.25, 0.3) is 5.70 Å². The standard InChI is InChI=1S/C27H37N5O4/c1-4-13-36-27(20-33)29-24-8-6-7-23(16-24)17-25-26(34)9-12-32(30-25)21(3)18-28-31(5-2)19-22-10-14-35-15-11-22/h6-9,12,16,18,20,22,27,29H,3-5,10-11,13-15,17,19H2,1-2H3. The van der Waals surface area contributed by atoms with Crippen LogP contribution in [0, 0.1) is 5.92 Å². The first-order valence-corrected chi connectivity index (χ1v) is 12.6. The second-order valence-electron chi connectivity index (χ2n) is 8.82. The maximum atomic E-state index is 12.5. The molecule has 0 bridgehead atoms. The number of aromatic nitrogens is 2. The quantitative estimate of drug-likeness (QED) is 0.186. The van der Waals surface area contributed by atoms with Gasteiger partial charge in [0, 0.05) is 57.3 Å². The van der Waals surface area contributed by atoms with Gasteiger partial charge in [-0.1, -0.05) is 25.6 Å². The van der Waals surface area contributed by atoms with Crippen LogP contribution < -0.4 is 10.7 Å². The van der Waals surface area contributed by atoms with Gasteiger partial charge in [0.05, 0.1) is 11.9 Å². The van der Waals surface area contributed by atoms with E-state index in [-0.39, 0.29) is 5.43 Å². The Labute approximate surface area is 212 Å². The van der Waals surface area contributed by atoms with Gasteiger partial charge in [-0.25, -0.2) is 4.68 Å². The number of aldehydes is 1.